The van der Waals surface area contributed by atoms with Crippen LogP contribution in [0, 0.1) is 0 Å². The summed E-state index contributed by atoms with van der Waals surface area (Å²) in [4.78, 5) is 14.5. The predicted molar refractivity (Wildman–Crippen MR) is 94.1 cm³/mol. The number of methoxy groups -OCH3 is 1. The number of anilines is 1. The number of amides is 2. The van der Waals surface area contributed by atoms with E-state index in [1.165, 1.54) is 32.2 Å². The number of carbonyl (C=O) groups is 1. The highest BCUT2D eigenvalue weighted by atomic mass is 16.5. The Balaban J connectivity index is 1.68. The van der Waals surface area contributed by atoms with Gasteiger partial charge in [-0.1, -0.05) is 25.5 Å². The van der Waals surface area contributed by atoms with E-state index in [9.17, 15) is 4.79 Å². The third-order valence-corrected chi connectivity index (χ3v) is 4.48. The van der Waals surface area contributed by atoms with E-state index in [1.54, 1.807) is 7.11 Å². The molecule has 0 bridgehead atoms. The lowest BCUT2D eigenvalue weighted by atomic mass is 10.00. The molecule has 1 aliphatic rings. The highest BCUT2D eigenvalue weighted by Crippen LogP contribution is 2.22. The molecule has 23 heavy (non-hydrogen) atoms. The van der Waals surface area contributed by atoms with Crippen LogP contribution in [0.4, 0.5) is 10.5 Å². The molecule has 128 valence electrons. The van der Waals surface area contributed by atoms with E-state index >= 15 is 0 Å². The van der Waals surface area contributed by atoms with Gasteiger partial charge in [0.15, 0.2) is 0 Å². The molecular weight excluding hydrogens is 290 g/mol. The molecule has 2 amide bonds. The van der Waals surface area contributed by atoms with Crippen molar-refractivity contribution in [3.05, 3.63) is 24.3 Å². The number of hydrogen-bond donors (Lipinski definition) is 2. The van der Waals surface area contributed by atoms with Gasteiger partial charge < -0.3 is 20.3 Å². The molecule has 0 aromatic heterocycles. The van der Waals surface area contributed by atoms with Crippen LogP contribution in [0.15, 0.2) is 24.3 Å². The topological polar surface area (TPSA) is 53.6 Å². The van der Waals surface area contributed by atoms with Crippen molar-refractivity contribution in [1.29, 1.82) is 0 Å². The first kappa shape index (κ1) is 17.6. The molecule has 1 fully saturated rings. The molecule has 0 spiro atoms. The highest BCUT2D eigenvalue weighted by molar-refractivity contribution is 5.90. The first-order valence-corrected chi connectivity index (χ1v) is 8.66. The van der Waals surface area contributed by atoms with Crippen LogP contribution in [0.5, 0.6) is 5.75 Å². The number of nitrogens with zero attached hydrogens (tertiary/aromatic N) is 1. The molecule has 1 saturated heterocycles. The van der Waals surface area contributed by atoms with Gasteiger partial charge in [0.2, 0.25) is 0 Å². The van der Waals surface area contributed by atoms with Crippen LogP contribution in [-0.2, 0) is 0 Å². The molecule has 1 atom stereocenters. The average Bonchev–Trinajstić information content (AvgIpc) is 2.59. The zero-order chi connectivity index (χ0) is 16.5. The van der Waals surface area contributed by atoms with Gasteiger partial charge in [-0.15, -0.1) is 0 Å². The maximum atomic E-state index is 12.0. The molecule has 2 rings (SSSR count). The van der Waals surface area contributed by atoms with Gasteiger partial charge in [-0.25, -0.2) is 4.79 Å². The third-order valence-electron chi connectivity index (χ3n) is 4.48. The minimum Gasteiger partial charge on any atom is -0.495 e. The monoisotopic (exact) mass is 319 g/mol. The number of hydrogen-bond acceptors (Lipinski definition) is 3. The van der Waals surface area contributed by atoms with Crippen LogP contribution < -0.4 is 15.4 Å². The molecular formula is C18H29N3O2. The summed E-state index contributed by atoms with van der Waals surface area (Å²) >= 11 is 0. The van der Waals surface area contributed by atoms with Crippen molar-refractivity contribution in [2.45, 2.75) is 45.1 Å². The Labute approximate surface area is 139 Å². The Kier molecular flexibility index (Phi) is 7.20. The minimum atomic E-state index is -0.180. The summed E-state index contributed by atoms with van der Waals surface area (Å²) < 4.78 is 5.23. The summed E-state index contributed by atoms with van der Waals surface area (Å²) in [5, 5.41) is 5.75. The summed E-state index contributed by atoms with van der Waals surface area (Å²) in [5.41, 5.74) is 0.689. The van der Waals surface area contributed by atoms with E-state index in [2.05, 4.69) is 22.5 Å². The Bertz CT molecular complexity index is 493. The number of para-hydroxylation sites is 2. The van der Waals surface area contributed by atoms with E-state index in [4.69, 9.17) is 4.74 Å². The SMILES string of the molecule is CC[C@H]1CCCCN1CCCNC(=O)Nc1ccccc1OC. The number of rotatable bonds is 7. The Morgan fingerprint density at radius 3 is 2.96 bits per heavy atom. The van der Waals surface area contributed by atoms with Crippen LogP contribution in [-0.4, -0.2) is 43.7 Å². The van der Waals surface area contributed by atoms with Crippen molar-refractivity contribution in [1.82, 2.24) is 10.2 Å². The number of urea groups is 1. The van der Waals surface area contributed by atoms with Crippen LogP contribution in [0.2, 0.25) is 0 Å². The van der Waals surface area contributed by atoms with E-state index in [0.29, 0.717) is 18.0 Å². The lowest BCUT2D eigenvalue weighted by Gasteiger charge is -2.35. The third kappa shape index (κ3) is 5.43. The van der Waals surface area contributed by atoms with Crippen molar-refractivity contribution in [3.63, 3.8) is 0 Å². The van der Waals surface area contributed by atoms with Crippen molar-refractivity contribution in [2.24, 2.45) is 0 Å². The van der Waals surface area contributed by atoms with Gasteiger partial charge in [-0.3, -0.25) is 0 Å². The summed E-state index contributed by atoms with van der Waals surface area (Å²) in [6, 6.07) is 7.96. The van der Waals surface area contributed by atoms with Crippen molar-refractivity contribution >= 4 is 11.7 Å². The summed E-state index contributed by atoms with van der Waals surface area (Å²) in [5.74, 6) is 0.668. The number of piperidine rings is 1. The second kappa shape index (κ2) is 9.40. The number of nitrogens with one attached hydrogen (secondary N) is 2. The molecule has 0 saturated carbocycles. The van der Waals surface area contributed by atoms with E-state index in [1.807, 2.05) is 24.3 Å². The van der Waals surface area contributed by atoms with Gasteiger partial charge in [0.25, 0.3) is 0 Å². The van der Waals surface area contributed by atoms with Gasteiger partial charge >= 0.3 is 6.03 Å². The summed E-state index contributed by atoms with van der Waals surface area (Å²) in [6.45, 7) is 5.22. The van der Waals surface area contributed by atoms with E-state index in [0.717, 1.165) is 19.0 Å². The second-order valence-electron chi connectivity index (χ2n) is 6.03. The predicted octanol–water partition coefficient (Wildman–Crippen LogP) is 3.47. The fourth-order valence-electron chi connectivity index (χ4n) is 3.22. The van der Waals surface area contributed by atoms with Crippen LogP contribution in [0.25, 0.3) is 0 Å². The van der Waals surface area contributed by atoms with Gasteiger partial charge in [0.05, 0.1) is 12.8 Å². The van der Waals surface area contributed by atoms with Crippen molar-refractivity contribution < 1.29 is 9.53 Å². The Hall–Kier alpha value is -1.75. The Morgan fingerprint density at radius 2 is 2.17 bits per heavy atom. The lowest BCUT2D eigenvalue weighted by molar-refractivity contribution is 0.142. The normalized spacial score (nSPS) is 18.4. The maximum Gasteiger partial charge on any atom is 0.319 e. The van der Waals surface area contributed by atoms with Gasteiger partial charge in [-0.2, -0.15) is 0 Å². The highest BCUT2D eigenvalue weighted by Gasteiger charge is 2.19. The van der Waals surface area contributed by atoms with E-state index in [-0.39, 0.29) is 6.03 Å². The van der Waals surface area contributed by atoms with Crippen molar-refractivity contribution in [3.8, 4) is 5.75 Å². The molecule has 0 aliphatic carbocycles. The standard InChI is InChI=1S/C18H29N3O2/c1-3-15-9-6-7-13-21(15)14-8-12-19-18(22)20-16-10-4-5-11-17(16)23-2/h4-5,10-11,15H,3,6-9,12-14H2,1-2H3,(H2,19,20,22)/t15-/m0/s1. The first-order valence-electron chi connectivity index (χ1n) is 8.66. The second-order valence-corrected chi connectivity index (χ2v) is 6.03. The molecule has 5 heteroatoms. The van der Waals surface area contributed by atoms with Crippen LogP contribution >= 0.6 is 0 Å². The molecule has 1 aliphatic heterocycles. The van der Waals surface area contributed by atoms with Crippen LogP contribution in [0.3, 0.4) is 0 Å². The van der Waals surface area contributed by atoms with E-state index < -0.39 is 0 Å². The van der Waals surface area contributed by atoms with Crippen LogP contribution in [0.1, 0.15) is 39.0 Å². The fourth-order valence-corrected chi connectivity index (χ4v) is 3.22. The largest absolute Gasteiger partial charge is 0.495 e. The first-order chi connectivity index (χ1) is 11.2. The molecule has 0 unspecified atom stereocenters. The zero-order valence-corrected chi connectivity index (χ0v) is 14.3. The quantitative estimate of drug-likeness (QED) is 0.757. The molecule has 1 heterocycles. The average molecular weight is 319 g/mol. The maximum absolute atomic E-state index is 12.0. The van der Waals surface area contributed by atoms with Gasteiger partial charge in [0.1, 0.15) is 5.75 Å². The lowest BCUT2D eigenvalue weighted by Crippen LogP contribution is -2.41. The smallest absolute Gasteiger partial charge is 0.319 e. The van der Waals surface area contributed by atoms with Gasteiger partial charge in [-0.05, 0) is 44.4 Å². The van der Waals surface area contributed by atoms with Gasteiger partial charge in [0, 0.05) is 19.1 Å². The summed E-state index contributed by atoms with van der Waals surface area (Å²) in [7, 11) is 1.60. The summed E-state index contributed by atoms with van der Waals surface area (Å²) in [6.07, 6.45) is 6.18. The number of ether oxygens (including phenoxy) is 1. The molecule has 5 nitrogen and oxygen atoms in total. The molecule has 0 radical (unpaired) electrons. The zero-order valence-electron chi connectivity index (χ0n) is 14.3. The fraction of sp³-hybridized carbons (Fsp3) is 0.611. The molecule has 1 aromatic carbocycles. The minimum absolute atomic E-state index is 0.180. The van der Waals surface area contributed by atoms with Crippen molar-refractivity contribution in [2.75, 3.05) is 32.1 Å². The number of benzene rings is 1. The molecule has 1 aromatic rings. The Morgan fingerprint density at radius 1 is 1.35 bits per heavy atom. The number of likely N-dealkylation sites (tertiary alicyclic amines) is 1. The molecule has 2 N–H and O–H groups in total. The number of carbonyl (C=O) groups excluding carboxylic acids is 1.